The van der Waals surface area contributed by atoms with Gasteiger partial charge >= 0.3 is 0 Å². The Kier molecular flexibility index (Phi) is 5.59. The maximum atomic E-state index is 13.0. The molecule has 0 unspecified atom stereocenters. The van der Waals surface area contributed by atoms with E-state index < -0.39 is 15.6 Å². The fourth-order valence-corrected chi connectivity index (χ4v) is 5.89. The number of nitrogens with one attached hydrogen (secondary N) is 1. The maximum Gasteiger partial charge on any atom is 0.244 e. The number of methoxy groups -OCH3 is 1. The molecule has 0 radical (unpaired) electrons. The molecule has 0 saturated heterocycles. The van der Waals surface area contributed by atoms with Crippen LogP contribution >= 0.6 is 11.3 Å². The summed E-state index contributed by atoms with van der Waals surface area (Å²) in [7, 11) is -2.41. The molecule has 2 aromatic heterocycles. The van der Waals surface area contributed by atoms with Crippen molar-refractivity contribution in [3.05, 3.63) is 28.9 Å². The zero-order valence-corrected chi connectivity index (χ0v) is 19.4. The maximum absolute atomic E-state index is 13.0. The van der Waals surface area contributed by atoms with Gasteiger partial charge in [0.1, 0.15) is 21.3 Å². The van der Waals surface area contributed by atoms with Crippen LogP contribution in [0.4, 0.5) is 0 Å². The highest BCUT2D eigenvalue weighted by atomic mass is 32.2. The molecule has 168 valence electrons. The SMILES string of the molecule is COc1ccc(-c2c(C)nc3sc(C(C)(C)O)nn23)cc1S(=O)(=O)NC[C@H]1C[C@H](O)C1. The molecule has 4 rings (SSSR count). The van der Waals surface area contributed by atoms with E-state index in [2.05, 4.69) is 14.8 Å². The molecule has 0 amide bonds. The number of imidazole rings is 1. The van der Waals surface area contributed by atoms with Crippen molar-refractivity contribution in [3.63, 3.8) is 0 Å². The van der Waals surface area contributed by atoms with Crippen LogP contribution in [0.2, 0.25) is 0 Å². The molecule has 1 fully saturated rings. The van der Waals surface area contributed by atoms with Crippen LogP contribution in [0.3, 0.4) is 0 Å². The van der Waals surface area contributed by atoms with Crippen LogP contribution in [-0.4, -0.2) is 53.0 Å². The molecule has 0 aliphatic heterocycles. The van der Waals surface area contributed by atoms with Gasteiger partial charge in [0, 0.05) is 12.1 Å². The molecule has 2 heterocycles. The normalized spacial score (nSPS) is 19.5. The predicted molar refractivity (Wildman–Crippen MR) is 117 cm³/mol. The van der Waals surface area contributed by atoms with E-state index in [1.807, 2.05) is 6.92 Å². The number of aliphatic hydroxyl groups is 2. The van der Waals surface area contributed by atoms with Crippen LogP contribution < -0.4 is 9.46 Å². The van der Waals surface area contributed by atoms with Gasteiger partial charge in [0.05, 0.1) is 24.6 Å². The van der Waals surface area contributed by atoms with Crippen molar-refractivity contribution in [1.82, 2.24) is 19.3 Å². The van der Waals surface area contributed by atoms with Crippen LogP contribution in [0, 0.1) is 12.8 Å². The molecule has 31 heavy (non-hydrogen) atoms. The van der Waals surface area contributed by atoms with E-state index in [0.717, 1.165) is 0 Å². The zero-order chi connectivity index (χ0) is 22.6. The largest absolute Gasteiger partial charge is 0.495 e. The summed E-state index contributed by atoms with van der Waals surface area (Å²) in [6.45, 7) is 5.41. The molecule has 1 saturated carbocycles. The van der Waals surface area contributed by atoms with Crippen molar-refractivity contribution in [2.45, 2.75) is 50.2 Å². The zero-order valence-electron chi connectivity index (χ0n) is 17.8. The van der Waals surface area contributed by atoms with E-state index >= 15 is 0 Å². The van der Waals surface area contributed by atoms with Crippen molar-refractivity contribution < 1.29 is 23.4 Å². The third-order valence-electron chi connectivity index (χ3n) is 5.40. The number of rotatable bonds is 7. The number of ether oxygens (including phenoxy) is 1. The lowest BCUT2D eigenvalue weighted by Crippen LogP contribution is -2.38. The number of aliphatic hydroxyl groups excluding tert-OH is 1. The molecule has 0 bridgehead atoms. The van der Waals surface area contributed by atoms with Crippen LogP contribution in [0.1, 0.15) is 37.4 Å². The monoisotopic (exact) mass is 466 g/mol. The summed E-state index contributed by atoms with van der Waals surface area (Å²) in [6.07, 6.45) is 0.853. The Morgan fingerprint density at radius 3 is 2.68 bits per heavy atom. The average molecular weight is 467 g/mol. The molecule has 3 aromatic rings. The molecule has 3 N–H and O–H groups in total. The molecule has 1 aliphatic rings. The Hall–Kier alpha value is -2.05. The van der Waals surface area contributed by atoms with Crippen molar-refractivity contribution in [1.29, 1.82) is 0 Å². The van der Waals surface area contributed by atoms with E-state index in [9.17, 15) is 18.6 Å². The van der Waals surface area contributed by atoms with Gasteiger partial charge in [-0.3, -0.25) is 0 Å². The molecular weight excluding hydrogens is 440 g/mol. The summed E-state index contributed by atoms with van der Waals surface area (Å²) in [5, 5.41) is 24.7. The van der Waals surface area contributed by atoms with E-state index in [0.29, 0.717) is 39.8 Å². The van der Waals surface area contributed by atoms with Gasteiger partial charge in [-0.1, -0.05) is 11.3 Å². The highest BCUT2D eigenvalue weighted by Crippen LogP contribution is 2.35. The van der Waals surface area contributed by atoms with Crippen molar-refractivity contribution in [3.8, 4) is 17.0 Å². The van der Waals surface area contributed by atoms with Gasteiger partial charge in [-0.05, 0) is 57.7 Å². The average Bonchev–Trinajstić information content (AvgIpc) is 3.20. The smallest absolute Gasteiger partial charge is 0.244 e. The van der Waals surface area contributed by atoms with Crippen LogP contribution in [0.5, 0.6) is 5.75 Å². The first-order valence-electron chi connectivity index (χ1n) is 9.94. The summed E-state index contributed by atoms with van der Waals surface area (Å²) in [5.74, 6) is 0.365. The van der Waals surface area contributed by atoms with Gasteiger partial charge in [-0.15, -0.1) is 0 Å². The van der Waals surface area contributed by atoms with Gasteiger partial charge < -0.3 is 14.9 Å². The second-order valence-electron chi connectivity index (χ2n) is 8.42. The van der Waals surface area contributed by atoms with Crippen molar-refractivity contribution in [2.24, 2.45) is 5.92 Å². The summed E-state index contributed by atoms with van der Waals surface area (Å²) in [6, 6.07) is 4.93. The Morgan fingerprint density at radius 1 is 1.35 bits per heavy atom. The number of hydrogen-bond acceptors (Lipinski definition) is 8. The number of hydrogen-bond donors (Lipinski definition) is 3. The summed E-state index contributed by atoms with van der Waals surface area (Å²) < 4.78 is 35.6. The van der Waals surface area contributed by atoms with Crippen LogP contribution in [0.25, 0.3) is 16.2 Å². The third kappa shape index (κ3) is 4.20. The molecule has 0 spiro atoms. The van der Waals surface area contributed by atoms with E-state index in [-0.39, 0.29) is 29.2 Å². The number of aromatic nitrogens is 3. The Balaban J connectivity index is 1.73. The molecule has 9 nitrogen and oxygen atoms in total. The Labute approximate surface area is 184 Å². The van der Waals surface area contributed by atoms with Gasteiger partial charge in [-0.2, -0.15) is 5.10 Å². The standard InChI is InChI=1S/C20H26N4O5S2/c1-11-17(24-19(22-11)30-18(23-24)20(2,3)26)13-5-6-15(29-4)16(9-13)31(27,28)21-10-12-7-14(25)8-12/h5-6,9,12,14,21,25-26H,7-8,10H2,1-4H3/t12-,14-. The fraction of sp³-hybridized carbons (Fsp3) is 0.500. The highest BCUT2D eigenvalue weighted by Gasteiger charge is 2.30. The second-order valence-corrected chi connectivity index (χ2v) is 11.1. The second kappa shape index (κ2) is 7.82. The summed E-state index contributed by atoms with van der Waals surface area (Å²) in [4.78, 5) is 5.18. The molecule has 11 heteroatoms. The first-order chi connectivity index (χ1) is 14.5. The summed E-state index contributed by atoms with van der Waals surface area (Å²) >= 11 is 1.29. The quantitative estimate of drug-likeness (QED) is 0.486. The topological polar surface area (TPSA) is 126 Å². The van der Waals surface area contributed by atoms with Crippen molar-refractivity contribution >= 4 is 26.3 Å². The predicted octanol–water partition coefficient (Wildman–Crippen LogP) is 2.05. The van der Waals surface area contributed by atoms with E-state index in [1.54, 1.807) is 36.6 Å². The first kappa shape index (κ1) is 22.2. The number of benzene rings is 1. The third-order valence-corrected chi connectivity index (χ3v) is 8.07. The van der Waals surface area contributed by atoms with Gasteiger partial charge in [0.15, 0.2) is 0 Å². The highest BCUT2D eigenvalue weighted by molar-refractivity contribution is 7.89. The number of nitrogens with zero attached hydrogens (tertiary/aromatic N) is 3. The lowest BCUT2D eigenvalue weighted by atomic mass is 9.83. The van der Waals surface area contributed by atoms with E-state index in [4.69, 9.17) is 4.74 Å². The fourth-order valence-electron chi connectivity index (χ4n) is 3.63. The minimum Gasteiger partial charge on any atom is -0.495 e. The van der Waals surface area contributed by atoms with Gasteiger partial charge in [-0.25, -0.2) is 22.6 Å². The lowest BCUT2D eigenvalue weighted by Gasteiger charge is -2.31. The molecule has 1 aromatic carbocycles. The summed E-state index contributed by atoms with van der Waals surface area (Å²) in [5.41, 5.74) is 0.871. The van der Waals surface area contributed by atoms with Gasteiger partial charge in [0.25, 0.3) is 0 Å². The van der Waals surface area contributed by atoms with E-state index in [1.165, 1.54) is 18.4 Å². The Bertz CT molecular complexity index is 1220. The molecule has 1 aliphatic carbocycles. The van der Waals surface area contributed by atoms with Crippen molar-refractivity contribution in [2.75, 3.05) is 13.7 Å². The first-order valence-corrected chi connectivity index (χ1v) is 12.2. The number of aryl methyl sites for hydroxylation is 1. The Morgan fingerprint density at radius 2 is 2.06 bits per heavy atom. The minimum atomic E-state index is -3.83. The van der Waals surface area contributed by atoms with Crippen LogP contribution in [0.15, 0.2) is 23.1 Å². The molecule has 0 atom stereocenters. The molecular formula is C20H26N4O5S2. The van der Waals surface area contributed by atoms with Gasteiger partial charge in [0.2, 0.25) is 15.0 Å². The minimum absolute atomic E-state index is 0.0275. The van der Waals surface area contributed by atoms with Crippen LogP contribution in [-0.2, 0) is 15.6 Å². The lowest BCUT2D eigenvalue weighted by molar-refractivity contribution is 0.0453. The number of sulfonamides is 1. The number of fused-ring (bicyclic) bond motifs is 1.